The molecular formula is C23H33N3O4S. The number of nitrogens with zero attached hydrogens (tertiary/aromatic N) is 3. The van der Waals surface area contributed by atoms with Gasteiger partial charge in [0, 0.05) is 51.1 Å². The van der Waals surface area contributed by atoms with Crippen LogP contribution in [0.5, 0.6) is 0 Å². The summed E-state index contributed by atoms with van der Waals surface area (Å²) in [5.41, 5.74) is 0. The average Bonchev–Trinajstić information content (AvgIpc) is 3.64. The van der Waals surface area contributed by atoms with Crippen molar-refractivity contribution >= 4 is 21.8 Å². The third-order valence-electron chi connectivity index (χ3n) is 6.72. The summed E-state index contributed by atoms with van der Waals surface area (Å²) in [5.74, 6) is 0.0672. The first-order valence-corrected chi connectivity index (χ1v) is 13.0. The predicted molar refractivity (Wildman–Crippen MR) is 118 cm³/mol. The number of carbonyl (C=O) groups is 2. The average molecular weight is 448 g/mol. The summed E-state index contributed by atoms with van der Waals surface area (Å²) in [6.07, 6.45) is 8.47. The molecule has 0 N–H and O–H groups in total. The minimum Gasteiger partial charge on any atom is -0.340 e. The van der Waals surface area contributed by atoms with Crippen LogP contribution in [0.15, 0.2) is 35.2 Å². The number of hydrogen-bond acceptors (Lipinski definition) is 4. The molecule has 0 unspecified atom stereocenters. The van der Waals surface area contributed by atoms with Crippen LogP contribution in [0.4, 0.5) is 0 Å². The number of amides is 2. The molecule has 1 heterocycles. The van der Waals surface area contributed by atoms with Gasteiger partial charge >= 0.3 is 0 Å². The minimum absolute atomic E-state index is 0.0514. The molecule has 1 aromatic rings. The van der Waals surface area contributed by atoms with Crippen LogP contribution in [0.1, 0.15) is 57.8 Å². The Morgan fingerprint density at radius 2 is 1.45 bits per heavy atom. The summed E-state index contributed by atoms with van der Waals surface area (Å²) >= 11 is 0. The van der Waals surface area contributed by atoms with E-state index in [9.17, 15) is 18.0 Å². The molecule has 2 saturated carbocycles. The molecule has 7 nitrogen and oxygen atoms in total. The first-order valence-electron chi connectivity index (χ1n) is 11.6. The van der Waals surface area contributed by atoms with Crippen LogP contribution >= 0.6 is 0 Å². The monoisotopic (exact) mass is 447 g/mol. The van der Waals surface area contributed by atoms with Gasteiger partial charge in [-0.05, 0) is 37.8 Å². The molecule has 1 aliphatic heterocycles. The summed E-state index contributed by atoms with van der Waals surface area (Å²) in [6.45, 7) is 1.31. The fourth-order valence-corrected chi connectivity index (χ4v) is 6.28. The molecule has 31 heavy (non-hydrogen) atoms. The Hall–Kier alpha value is -1.93. The van der Waals surface area contributed by atoms with Crippen molar-refractivity contribution in [2.24, 2.45) is 0 Å². The largest absolute Gasteiger partial charge is 0.340 e. The van der Waals surface area contributed by atoms with Crippen molar-refractivity contribution in [2.75, 3.05) is 26.2 Å². The zero-order valence-corrected chi connectivity index (χ0v) is 18.9. The summed E-state index contributed by atoms with van der Waals surface area (Å²) in [6, 6.07) is 9.14. The van der Waals surface area contributed by atoms with Gasteiger partial charge < -0.3 is 9.80 Å². The van der Waals surface area contributed by atoms with E-state index in [4.69, 9.17) is 0 Å². The Labute approximate surface area is 185 Å². The molecule has 4 rings (SSSR count). The highest BCUT2D eigenvalue weighted by molar-refractivity contribution is 7.89. The van der Waals surface area contributed by atoms with Crippen molar-refractivity contribution in [3.63, 3.8) is 0 Å². The Bertz CT molecular complexity index is 871. The Kier molecular flexibility index (Phi) is 6.96. The number of rotatable bonds is 7. The summed E-state index contributed by atoms with van der Waals surface area (Å²) in [7, 11) is -3.53. The van der Waals surface area contributed by atoms with Gasteiger partial charge in [-0.2, -0.15) is 4.31 Å². The van der Waals surface area contributed by atoms with Crippen molar-refractivity contribution in [3.05, 3.63) is 30.3 Å². The van der Waals surface area contributed by atoms with Crippen LogP contribution in [-0.2, 0) is 19.6 Å². The lowest BCUT2D eigenvalue weighted by Crippen LogP contribution is -2.50. The van der Waals surface area contributed by atoms with E-state index in [1.165, 1.54) is 23.6 Å². The van der Waals surface area contributed by atoms with Crippen molar-refractivity contribution in [1.29, 1.82) is 0 Å². The standard InChI is InChI=1S/C23H33N3O4S/c27-22(13-14-23(28)26(20-11-12-20)19-7-3-1-4-8-19)24-15-17-25(18-16-24)31(29,30)21-9-5-2-6-10-21/h2,5-6,9-10,19-20H,1,3-4,7-8,11-18H2. The zero-order chi connectivity index (χ0) is 21.8. The van der Waals surface area contributed by atoms with Crippen molar-refractivity contribution in [3.8, 4) is 0 Å². The summed E-state index contributed by atoms with van der Waals surface area (Å²) in [5, 5.41) is 0. The van der Waals surface area contributed by atoms with Gasteiger partial charge in [0.25, 0.3) is 0 Å². The Morgan fingerprint density at radius 3 is 2.06 bits per heavy atom. The lowest BCUT2D eigenvalue weighted by atomic mass is 9.93. The summed E-state index contributed by atoms with van der Waals surface area (Å²) < 4.78 is 26.9. The number of carbonyl (C=O) groups excluding carboxylic acids is 2. The van der Waals surface area contributed by atoms with Crippen molar-refractivity contribution < 1.29 is 18.0 Å². The van der Waals surface area contributed by atoms with E-state index in [0.29, 0.717) is 25.2 Å². The molecular weight excluding hydrogens is 414 g/mol. The molecule has 1 aromatic carbocycles. The van der Waals surface area contributed by atoms with Gasteiger partial charge in [0.1, 0.15) is 0 Å². The van der Waals surface area contributed by atoms with Crippen LogP contribution in [0, 0.1) is 0 Å². The second-order valence-electron chi connectivity index (χ2n) is 8.92. The van der Waals surface area contributed by atoms with E-state index in [0.717, 1.165) is 25.7 Å². The van der Waals surface area contributed by atoms with Crippen molar-refractivity contribution in [2.45, 2.75) is 74.8 Å². The van der Waals surface area contributed by atoms with E-state index in [2.05, 4.69) is 4.90 Å². The Morgan fingerprint density at radius 1 is 0.839 bits per heavy atom. The van der Waals surface area contributed by atoms with Crippen molar-refractivity contribution in [1.82, 2.24) is 14.1 Å². The molecule has 3 aliphatic rings. The molecule has 0 bridgehead atoms. The molecule has 0 spiro atoms. The molecule has 2 amide bonds. The van der Waals surface area contributed by atoms with Crippen LogP contribution in [-0.4, -0.2) is 72.6 Å². The number of sulfonamides is 1. The van der Waals surface area contributed by atoms with Gasteiger partial charge in [-0.1, -0.05) is 37.5 Å². The quantitative estimate of drug-likeness (QED) is 0.644. The number of piperazine rings is 1. The van der Waals surface area contributed by atoms with Gasteiger partial charge in [0.2, 0.25) is 21.8 Å². The van der Waals surface area contributed by atoms with E-state index in [1.54, 1.807) is 35.2 Å². The SMILES string of the molecule is O=C(CCC(=O)N(C1CCCCC1)C1CC1)N1CCN(S(=O)(=O)c2ccccc2)CC1. The highest BCUT2D eigenvalue weighted by atomic mass is 32.2. The second-order valence-corrected chi connectivity index (χ2v) is 10.9. The highest BCUT2D eigenvalue weighted by Gasteiger charge is 2.38. The van der Waals surface area contributed by atoms with Crippen LogP contribution in [0.2, 0.25) is 0 Å². The molecule has 0 atom stereocenters. The lowest BCUT2D eigenvalue weighted by molar-refractivity contribution is -0.139. The third-order valence-corrected chi connectivity index (χ3v) is 8.63. The first kappa shape index (κ1) is 22.3. The van der Waals surface area contributed by atoms with E-state index < -0.39 is 10.0 Å². The van der Waals surface area contributed by atoms with Gasteiger partial charge in [-0.25, -0.2) is 8.42 Å². The molecule has 8 heteroatoms. The molecule has 0 aromatic heterocycles. The maximum atomic E-state index is 12.9. The van der Waals surface area contributed by atoms with Crippen LogP contribution < -0.4 is 0 Å². The molecule has 3 fully saturated rings. The molecule has 170 valence electrons. The topological polar surface area (TPSA) is 78.0 Å². The zero-order valence-electron chi connectivity index (χ0n) is 18.1. The van der Waals surface area contributed by atoms with Crippen LogP contribution in [0.3, 0.4) is 0 Å². The summed E-state index contributed by atoms with van der Waals surface area (Å²) in [4.78, 5) is 29.7. The fourth-order valence-electron chi connectivity index (χ4n) is 4.84. The molecule has 1 saturated heterocycles. The maximum absolute atomic E-state index is 12.9. The Balaban J connectivity index is 1.27. The highest BCUT2D eigenvalue weighted by Crippen LogP contribution is 2.34. The van der Waals surface area contributed by atoms with E-state index in [1.807, 2.05) is 0 Å². The van der Waals surface area contributed by atoms with E-state index in [-0.39, 0.29) is 42.6 Å². The first-order chi connectivity index (χ1) is 15.0. The van der Waals surface area contributed by atoms with Gasteiger partial charge in [0.05, 0.1) is 4.90 Å². The lowest BCUT2D eigenvalue weighted by Gasteiger charge is -2.35. The van der Waals surface area contributed by atoms with Gasteiger partial charge in [-0.15, -0.1) is 0 Å². The maximum Gasteiger partial charge on any atom is 0.243 e. The smallest absolute Gasteiger partial charge is 0.243 e. The third kappa shape index (κ3) is 5.29. The molecule has 2 aliphatic carbocycles. The second kappa shape index (κ2) is 9.69. The predicted octanol–water partition coefficient (Wildman–Crippen LogP) is 2.62. The van der Waals surface area contributed by atoms with E-state index >= 15 is 0 Å². The molecule has 0 radical (unpaired) electrons. The van der Waals surface area contributed by atoms with Crippen LogP contribution in [0.25, 0.3) is 0 Å². The number of benzene rings is 1. The number of hydrogen-bond donors (Lipinski definition) is 0. The van der Waals surface area contributed by atoms with Gasteiger partial charge in [0.15, 0.2) is 0 Å². The minimum atomic E-state index is -3.53. The fraction of sp³-hybridized carbons (Fsp3) is 0.652. The normalized spacial score (nSPS) is 21.1. The van der Waals surface area contributed by atoms with Gasteiger partial charge in [-0.3, -0.25) is 9.59 Å².